The van der Waals surface area contributed by atoms with E-state index in [2.05, 4.69) is 158 Å². The highest BCUT2D eigenvalue weighted by Gasteiger charge is 2.51. The summed E-state index contributed by atoms with van der Waals surface area (Å²) in [6.45, 7) is 0. The van der Waals surface area contributed by atoms with Gasteiger partial charge in [0.2, 0.25) is 0 Å². The molecule has 11 aromatic rings. The zero-order valence-corrected chi connectivity index (χ0v) is 35.1. The zero-order valence-electron chi connectivity index (χ0n) is 34.3. The van der Waals surface area contributed by atoms with Gasteiger partial charge in [-0.25, -0.2) is 15.0 Å². The highest BCUT2D eigenvalue weighted by Crippen LogP contribution is 2.64. The molecule has 2 aliphatic rings. The van der Waals surface area contributed by atoms with Gasteiger partial charge in [-0.3, -0.25) is 0 Å². The normalized spacial score (nSPS) is 12.8. The molecule has 296 valence electrons. The van der Waals surface area contributed by atoms with Crippen LogP contribution < -0.4 is 0 Å². The molecule has 2 aliphatic carbocycles. The third-order valence-corrected chi connectivity index (χ3v) is 14.4. The molecule has 2 heterocycles. The second kappa shape index (κ2) is 14.1. The van der Waals surface area contributed by atoms with Crippen molar-refractivity contribution in [1.29, 1.82) is 5.26 Å². The fraction of sp³-hybridized carbons (Fsp3) is 0.0169. The lowest BCUT2D eigenvalue weighted by Crippen LogP contribution is -2.25. The van der Waals surface area contributed by atoms with Crippen LogP contribution in [0.1, 0.15) is 27.8 Å². The Morgan fingerprint density at radius 3 is 1.67 bits per heavy atom. The standard InChI is InChI=1S/C59H34N4S/c60-35-36-27-32-53-48(33-36)45-21-11-22-47(55(45)64-53)58-62-56(39-13-2-1-3-14-39)61-57(63-58)41-16-10-15-40(34-41)37-28-30-38(31-29-37)42-20-12-26-52-54(42)46-19-6-9-25-51(46)59(52)49-23-7-4-17-43(49)44-18-5-8-24-50(44)59/h1-34H. The Hall–Kier alpha value is -8.30. The Kier molecular flexibility index (Phi) is 8.02. The molecule has 1 spiro atoms. The first-order valence-electron chi connectivity index (χ1n) is 21.5. The lowest BCUT2D eigenvalue weighted by atomic mass is 9.70. The Morgan fingerprint density at radius 2 is 0.922 bits per heavy atom. The molecular weight excluding hydrogens is 797 g/mol. The Bertz CT molecular complexity index is 3700. The van der Waals surface area contributed by atoms with E-state index in [9.17, 15) is 5.26 Å². The number of hydrogen-bond donors (Lipinski definition) is 0. The average Bonchev–Trinajstić information content (AvgIpc) is 4.00. The Labute approximate surface area is 374 Å². The van der Waals surface area contributed by atoms with Gasteiger partial charge in [-0.05, 0) is 97.1 Å². The molecule has 0 radical (unpaired) electrons. The van der Waals surface area contributed by atoms with E-state index >= 15 is 0 Å². The number of nitriles is 1. The number of aromatic nitrogens is 3. The maximum absolute atomic E-state index is 9.64. The maximum atomic E-state index is 9.64. The quantitative estimate of drug-likeness (QED) is 0.173. The Morgan fingerprint density at radius 1 is 0.375 bits per heavy atom. The predicted molar refractivity (Wildman–Crippen MR) is 261 cm³/mol. The van der Waals surface area contributed by atoms with Crippen LogP contribution in [0.15, 0.2) is 206 Å². The smallest absolute Gasteiger partial charge is 0.165 e. The van der Waals surface area contributed by atoms with Gasteiger partial charge in [0, 0.05) is 36.9 Å². The van der Waals surface area contributed by atoms with Gasteiger partial charge in [0.15, 0.2) is 17.5 Å². The second-order valence-electron chi connectivity index (χ2n) is 16.6. The predicted octanol–water partition coefficient (Wildman–Crippen LogP) is 14.8. The lowest BCUT2D eigenvalue weighted by Gasteiger charge is -2.30. The van der Waals surface area contributed by atoms with E-state index in [-0.39, 0.29) is 5.41 Å². The molecule has 4 nitrogen and oxygen atoms in total. The van der Waals surface area contributed by atoms with Crippen LogP contribution in [0.5, 0.6) is 0 Å². The highest BCUT2D eigenvalue weighted by molar-refractivity contribution is 7.26. The van der Waals surface area contributed by atoms with Crippen molar-refractivity contribution in [3.05, 3.63) is 234 Å². The number of rotatable bonds is 5. The largest absolute Gasteiger partial charge is 0.208 e. The summed E-state index contributed by atoms with van der Waals surface area (Å²) in [5.74, 6) is 1.83. The first-order chi connectivity index (χ1) is 31.7. The molecule has 2 aromatic heterocycles. The fourth-order valence-corrected chi connectivity index (χ4v) is 11.6. The van der Waals surface area contributed by atoms with Crippen molar-refractivity contribution < 1.29 is 0 Å². The molecule has 0 atom stereocenters. The molecule has 64 heavy (non-hydrogen) atoms. The molecule has 0 aliphatic heterocycles. The summed E-state index contributed by atoms with van der Waals surface area (Å²) < 4.78 is 2.20. The summed E-state index contributed by atoms with van der Waals surface area (Å²) in [6.07, 6.45) is 0. The van der Waals surface area contributed by atoms with Gasteiger partial charge in [0.25, 0.3) is 0 Å². The molecule has 0 saturated heterocycles. The van der Waals surface area contributed by atoms with E-state index in [4.69, 9.17) is 15.0 Å². The number of benzene rings is 9. The van der Waals surface area contributed by atoms with Crippen LogP contribution in [-0.2, 0) is 5.41 Å². The van der Waals surface area contributed by atoms with E-state index in [0.29, 0.717) is 23.0 Å². The molecule has 0 amide bonds. The van der Waals surface area contributed by atoms with E-state index in [0.717, 1.165) is 48.0 Å². The summed E-state index contributed by atoms with van der Waals surface area (Å²) in [5, 5.41) is 11.8. The fourth-order valence-electron chi connectivity index (χ4n) is 10.5. The molecule has 5 heteroatoms. The summed E-state index contributed by atoms with van der Waals surface area (Å²) in [6, 6.07) is 75.8. The van der Waals surface area contributed by atoms with Crippen molar-refractivity contribution in [2.24, 2.45) is 0 Å². The van der Waals surface area contributed by atoms with Crippen LogP contribution in [-0.4, -0.2) is 15.0 Å². The minimum Gasteiger partial charge on any atom is -0.208 e. The molecule has 0 N–H and O–H groups in total. The molecule has 0 bridgehead atoms. The number of hydrogen-bond acceptors (Lipinski definition) is 5. The van der Waals surface area contributed by atoms with Gasteiger partial charge >= 0.3 is 0 Å². The average molecular weight is 831 g/mol. The van der Waals surface area contributed by atoms with Crippen LogP contribution in [0, 0.1) is 11.3 Å². The van der Waals surface area contributed by atoms with Gasteiger partial charge in [-0.1, -0.05) is 176 Å². The summed E-state index contributed by atoms with van der Waals surface area (Å²) in [5.41, 5.74) is 18.2. The first kappa shape index (κ1) is 36.4. The van der Waals surface area contributed by atoms with Crippen molar-refractivity contribution in [1.82, 2.24) is 15.0 Å². The monoisotopic (exact) mass is 830 g/mol. The molecule has 13 rings (SSSR count). The SMILES string of the molecule is N#Cc1ccc2sc3c(-c4nc(-c5ccccc5)nc(-c5cccc(-c6ccc(-c7cccc8c7-c7ccccc7C87c8ccccc8-c8ccccc87)cc6)c5)n4)cccc3c2c1. The molecule has 9 aromatic carbocycles. The topological polar surface area (TPSA) is 62.5 Å². The van der Waals surface area contributed by atoms with E-state index in [1.807, 2.05) is 54.6 Å². The number of thiophene rings is 1. The van der Waals surface area contributed by atoms with Crippen LogP contribution in [0.25, 0.3) is 98.8 Å². The van der Waals surface area contributed by atoms with E-state index < -0.39 is 0 Å². The molecular formula is C59H34N4S. The highest BCUT2D eigenvalue weighted by atomic mass is 32.1. The minimum atomic E-state index is -0.378. The maximum Gasteiger partial charge on any atom is 0.165 e. The second-order valence-corrected chi connectivity index (χ2v) is 17.6. The first-order valence-corrected chi connectivity index (χ1v) is 22.3. The van der Waals surface area contributed by atoms with Crippen molar-refractivity contribution in [3.8, 4) is 84.7 Å². The lowest BCUT2D eigenvalue weighted by molar-refractivity contribution is 0.794. The van der Waals surface area contributed by atoms with Crippen molar-refractivity contribution in [2.75, 3.05) is 0 Å². The van der Waals surface area contributed by atoms with Gasteiger partial charge in [-0.2, -0.15) is 5.26 Å². The number of nitrogens with zero attached hydrogens (tertiary/aromatic N) is 4. The van der Waals surface area contributed by atoms with E-state index in [1.54, 1.807) is 11.3 Å². The van der Waals surface area contributed by atoms with Crippen LogP contribution in [0.4, 0.5) is 0 Å². The van der Waals surface area contributed by atoms with Gasteiger partial charge in [0.1, 0.15) is 0 Å². The summed E-state index contributed by atoms with van der Waals surface area (Å²) in [4.78, 5) is 15.4. The van der Waals surface area contributed by atoms with Crippen molar-refractivity contribution in [3.63, 3.8) is 0 Å². The van der Waals surface area contributed by atoms with Crippen LogP contribution in [0.2, 0.25) is 0 Å². The van der Waals surface area contributed by atoms with Gasteiger partial charge in [0.05, 0.1) is 17.0 Å². The van der Waals surface area contributed by atoms with Crippen LogP contribution >= 0.6 is 11.3 Å². The minimum absolute atomic E-state index is 0.378. The van der Waals surface area contributed by atoms with Gasteiger partial charge in [-0.15, -0.1) is 11.3 Å². The van der Waals surface area contributed by atoms with Crippen LogP contribution in [0.3, 0.4) is 0 Å². The molecule has 0 saturated carbocycles. The Balaban J connectivity index is 0.908. The number of fused-ring (bicyclic) bond motifs is 13. The van der Waals surface area contributed by atoms with E-state index in [1.165, 1.54) is 55.6 Å². The summed E-state index contributed by atoms with van der Waals surface area (Å²) >= 11 is 1.70. The third kappa shape index (κ3) is 5.30. The van der Waals surface area contributed by atoms with Crippen molar-refractivity contribution in [2.45, 2.75) is 5.41 Å². The molecule has 0 unspecified atom stereocenters. The third-order valence-electron chi connectivity index (χ3n) is 13.2. The zero-order chi connectivity index (χ0) is 42.4. The summed E-state index contributed by atoms with van der Waals surface area (Å²) in [7, 11) is 0. The van der Waals surface area contributed by atoms with Gasteiger partial charge < -0.3 is 0 Å². The van der Waals surface area contributed by atoms with Crippen molar-refractivity contribution >= 4 is 31.5 Å². The molecule has 0 fully saturated rings.